The molecule has 0 unspecified atom stereocenters. The van der Waals surface area contributed by atoms with Gasteiger partial charge in [-0.15, -0.1) is 0 Å². The van der Waals surface area contributed by atoms with Gasteiger partial charge in [0, 0.05) is 21.9 Å². The minimum Gasteiger partial charge on any atom is -0.338 e. The van der Waals surface area contributed by atoms with Crippen molar-refractivity contribution in [2.75, 3.05) is 11.9 Å². The smallest absolute Gasteiger partial charge is 0.321 e. The maximum absolute atomic E-state index is 11.6. The molecular formula is C15H13IN4OS. The molecule has 0 fully saturated rings. The molecule has 2 N–H and O–H groups in total. The van der Waals surface area contributed by atoms with Crippen LogP contribution in [0.1, 0.15) is 6.92 Å². The summed E-state index contributed by atoms with van der Waals surface area (Å²) in [5, 5.41) is 6.05. The Morgan fingerprint density at radius 3 is 2.95 bits per heavy atom. The van der Waals surface area contributed by atoms with E-state index in [1.807, 2.05) is 31.2 Å². The number of hydrogen-bond donors (Lipinski definition) is 2. The molecule has 3 rings (SSSR count). The van der Waals surface area contributed by atoms with Gasteiger partial charge in [0.2, 0.25) is 0 Å². The summed E-state index contributed by atoms with van der Waals surface area (Å²) >= 11 is 3.72. The fourth-order valence-electron chi connectivity index (χ4n) is 2.07. The van der Waals surface area contributed by atoms with E-state index >= 15 is 0 Å². The standard InChI is InChI=1S/C15H13IN4OS/c1-2-17-14(21)20-15-19-12-8-9(16)7-10(13(12)22-15)11-5-3-4-6-18-11/h3-8H,2H2,1H3,(H2,17,19,20,21). The van der Waals surface area contributed by atoms with Crippen LogP contribution in [0, 0.1) is 3.57 Å². The van der Waals surface area contributed by atoms with Crippen molar-refractivity contribution in [1.82, 2.24) is 15.3 Å². The summed E-state index contributed by atoms with van der Waals surface area (Å²) in [6.45, 7) is 2.45. The van der Waals surface area contributed by atoms with Crippen LogP contribution >= 0.6 is 33.9 Å². The van der Waals surface area contributed by atoms with Crippen molar-refractivity contribution in [1.29, 1.82) is 0 Å². The first kappa shape index (κ1) is 15.2. The molecule has 2 aromatic heterocycles. The van der Waals surface area contributed by atoms with E-state index in [2.05, 4.69) is 49.3 Å². The zero-order valence-corrected chi connectivity index (χ0v) is 14.7. The fraction of sp³-hybridized carbons (Fsp3) is 0.133. The number of urea groups is 1. The average Bonchev–Trinajstić information content (AvgIpc) is 2.89. The quantitative estimate of drug-likeness (QED) is 0.623. The Hall–Kier alpha value is -1.74. The number of fused-ring (bicyclic) bond motifs is 1. The number of halogens is 1. The third-order valence-corrected chi connectivity index (χ3v) is 4.60. The lowest BCUT2D eigenvalue weighted by molar-refractivity contribution is 0.252. The molecule has 0 saturated carbocycles. The third kappa shape index (κ3) is 3.20. The van der Waals surface area contributed by atoms with Crippen LogP contribution in [-0.4, -0.2) is 22.5 Å². The van der Waals surface area contributed by atoms with Crippen molar-refractivity contribution in [3.8, 4) is 11.3 Å². The maximum Gasteiger partial charge on any atom is 0.321 e. The van der Waals surface area contributed by atoms with Crippen molar-refractivity contribution in [3.05, 3.63) is 40.1 Å². The molecular weight excluding hydrogens is 411 g/mol. The van der Waals surface area contributed by atoms with Crippen molar-refractivity contribution in [2.24, 2.45) is 0 Å². The van der Waals surface area contributed by atoms with Crippen LogP contribution in [0.4, 0.5) is 9.93 Å². The van der Waals surface area contributed by atoms with Crippen LogP contribution in [0.2, 0.25) is 0 Å². The molecule has 7 heteroatoms. The van der Waals surface area contributed by atoms with E-state index in [4.69, 9.17) is 0 Å². The second-order valence-electron chi connectivity index (χ2n) is 4.52. The van der Waals surface area contributed by atoms with Crippen LogP contribution in [0.25, 0.3) is 21.5 Å². The molecule has 0 aliphatic carbocycles. The number of anilines is 1. The van der Waals surface area contributed by atoms with Crippen molar-refractivity contribution >= 4 is 55.3 Å². The van der Waals surface area contributed by atoms with Crippen molar-refractivity contribution in [2.45, 2.75) is 6.92 Å². The first-order valence-electron chi connectivity index (χ1n) is 6.73. The summed E-state index contributed by atoms with van der Waals surface area (Å²) < 4.78 is 2.10. The molecule has 5 nitrogen and oxygen atoms in total. The number of carbonyl (C=O) groups is 1. The molecule has 0 saturated heterocycles. The molecule has 2 heterocycles. The number of amides is 2. The summed E-state index contributed by atoms with van der Waals surface area (Å²) in [6.07, 6.45) is 1.77. The summed E-state index contributed by atoms with van der Waals surface area (Å²) in [7, 11) is 0. The monoisotopic (exact) mass is 424 g/mol. The van der Waals surface area contributed by atoms with Crippen molar-refractivity contribution in [3.63, 3.8) is 0 Å². The van der Waals surface area contributed by atoms with Gasteiger partial charge in [-0.2, -0.15) is 0 Å². The Kier molecular flexibility index (Phi) is 4.53. The van der Waals surface area contributed by atoms with Gasteiger partial charge in [-0.3, -0.25) is 10.3 Å². The van der Waals surface area contributed by atoms with Gasteiger partial charge in [0.05, 0.1) is 15.9 Å². The molecule has 3 aromatic rings. The first-order chi connectivity index (χ1) is 10.7. The zero-order valence-electron chi connectivity index (χ0n) is 11.8. The number of pyridine rings is 1. The number of thiazole rings is 1. The van der Waals surface area contributed by atoms with E-state index in [9.17, 15) is 4.79 Å². The lowest BCUT2D eigenvalue weighted by Crippen LogP contribution is -2.28. The van der Waals surface area contributed by atoms with Gasteiger partial charge >= 0.3 is 6.03 Å². The van der Waals surface area contributed by atoms with E-state index in [1.54, 1.807) is 6.20 Å². The molecule has 1 aromatic carbocycles. The van der Waals surface area contributed by atoms with Crippen molar-refractivity contribution < 1.29 is 4.79 Å². The van der Waals surface area contributed by atoms with Crippen LogP contribution < -0.4 is 10.6 Å². The minimum absolute atomic E-state index is 0.240. The number of benzene rings is 1. The second kappa shape index (κ2) is 6.57. The van der Waals surface area contributed by atoms with E-state index in [0.717, 1.165) is 25.0 Å². The van der Waals surface area contributed by atoms with Crippen LogP contribution in [0.15, 0.2) is 36.5 Å². The Morgan fingerprint density at radius 1 is 1.36 bits per heavy atom. The molecule has 112 valence electrons. The van der Waals surface area contributed by atoms with Gasteiger partial charge < -0.3 is 5.32 Å². The molecule has 22 heavy (non-hydrogen) atoms. The van der Waals surface area contributed by atoms with E-state index in [-0.39, 0.29) is 6.03 Å². The third-order valence-electron chi connectivity index (χ3n) is 2.95. The number of nitrogens with one attached hydrogen (secondary N) is 2. The van der Waals surface area contributed by atoms with Crippen LogP contribution in [-0.2, 0) is 0 Å². The highest BCUT2D eigenvalue weighted by molar-refractivity contribution is 14.1. The summed E-state index contributed by atoms with van der Waals surface area (Å²) in [5.74, 6) is 0. The Balaban J connectivity index is 2.06. The van der Waals surface area contributed by atoms with Gasteiger partial charge in [-0.1, -0.05) is 17.4 Å². The van der Waals surface area contributed by atoms with Gasteiger partial charge in [-0.05, 0) is 53.8 Å². The van der Waals surface area contributed by atoms with E-state index < -0.39 is 0 Å². The van der Waals surface area contributed by atoms with Gasteiger partial charge in [-0.25, -0.2) is 9.78 Å². The average molecular weight is 424 g/mol. The molecule has 0 aliphatic heterocycles. The predicted octanol–water partition coefficient (Wildman–Crippen LogP) is 4.10. The minimum atomic E-state index is -0.240. The first-order valence-corrected chi connectivity index (χ1v) is 8.63. The van der Waals surface area contributed by atoms with Gasteiger partial charge in [0.1, 0.15) is 0 Å². The number of carbonyl (C=O) groups excluding carboxylic acids is 1. The molecule has 0 aliphatic rings. The van der Waals surface area contributed by atoms with E-state index in [1.165, 1.54) is 11.3 Å². The highest BCUT2D eigenvalue weighted by Crippen LogP contribution is 2.35. The number of rotatable bonds is 3. The number of aromatic nitrogens is 2. The summed E-state index contributed by atoms with van der Waals surface area (Å²) in [4.78, 5) is 20.6. The summed E-state index contributed by atoms with van der Waals surface area (Å²) in [5.41, 5.74) is 2.80. The van der Waals surface area contributed by atoms with E-state index in [0.29, 0.717) is 11.7 Å². The molecule has 0 bridgehead atoms. The normalized spacial score (nSPS) is 10.6. The second-order valence-corrected chi connectivity index (χ2v) is 6.76. The highest BCUT2D eigenvalue weighted by Gasteiger charge is 2.13. The molecule has 0 spiro atoms. The highest BCUT2D eigenvalue weighted by atomic mass is 127. The number of nitrogens with zero attached hydrogens (tertiary/aromatic N) is 2. The van der Waals surface area contributed by atoms with Crippen LogP contribution in [0.3, 0.4) is 0 Å². The lowest BCUT2D eigenvalue weighted by Gasteiger charge is -2.02. The largest absolute Gasteiger partial charge is 0.338 e. The topological polar surface area (TPSA) is 66.9 Å². The molecule has 2 amide bonds. The summed E-state index contributed by atoms with van der Waals surface area (Å²) in [6, 6.07) is 9.67. The van der Waals surface area contributed by atoms with Gasteiger partial charge in [0.15, 0.2) is 5.13 Å². The van der Waals surface area contributed by atoms with Gasteiger partial charge in [0.25, 0.3) is 0 Å². The lowest BCUT2D eigenvalue weighted by atomic mass is 10.1. The molecule has 0 radical (unpaired) electrons. The zero-order chi connectivity index (χ0) is 15.5. The fourth-order valence-corrected chi connectivity index (χ4v) is 3.64. The van der Waals surface area contributed by atoms with Crippen LogP contribution in [0.5, 0.6) is 0 Å². The Morgan fingerprint density at radius 2 is 2.23 bits per heavy atom. The maximum atomic E-state index is 11.6. The SMILES string of the molecule is CCNC(=O)Nc1nc2cc(I)cc(-c3ccccn3)c2s1. The predicted molar refractivity (Wildman–Crippen MR) is 98.3 cm³/mol. The Bertz CT molecular complexity index is 819. The molecule has 0 atom stereocenters. The number of hydrogen-bond acceptors (Lipinski definition) is 4. The Labute approximate surface area is 145 Å².